The summed E-state index contributed by atoms with van der Waals surface area (Å²) in [6.07, 6.45) is 1.82. The number of benzene rings is 1. The lowest BCUT2D eigenvalue weighted by molar-refractivity contribution is -0.115. The van der Waals surface area contributed by atoms with Crippen LogP contribution in [0.5, 0.6) is 5.75 Å². The summed E-state index contributed by atoms with van der Waals surface area (Å²) in [5.74, 6) is 0.455. The first-order valence-electron chi connectivity index (χ1n) is 5.90. The van der Waals surface area contributed by atoms with Crippen LogP contribution in [-0.2, 0) is 17.8 Å². The molecular formula is C14H15N3O2. The maximum absolute atomic E-state index is 11.8. The number of phenolic OH excluding ortho intramolecular Hbond substituents is 1. The van der Waals surface area contributed by atoms with Crippen LogP contribution >= 0.6 is 0 Å². The van der Waals surface area contributed by atoms with E-state index in [2.05, 4.69) is 10.3 Å². The molecular weight excluding hydrogens is 242 g/mol. The number of nitrogens with one attached hydrogen (secondary N) is 1. The number of rotatable bonds is 4. The smallest absolute Gasteiger partial charge is 0.229 e. The second kappa shape index (κ2) is 5.97. The van der Waals surface area contributed by atoms with Crippen LogP contribution in [0.1, 0.15) is 11.1 Å². The SMILES string of the molecule is NCc1ccc(NC(=O)Cc2cccc(O)c2)nc1. The van der Waals surface area contributed by atoms with Gasteiger partial charge in [0.05, 0.1) is 6.42 Å². The fourth-order valence-corrected chi connectivity index (χ4v) is 1.66. The molecule has 0 fully saturated rings. The van der Waals surface area contributed by atoms with Gasteiger partial charge in [0, 0.05) is 12.7 Å². The first kappa shape index (κ1) is 13.0. The number of amides is 1. The standard InChI is InChI=1S/C14H15N3O2/c15-8-11-4-5-13(16-9-11)17-14(19)7-10-2-1-3-12(18)6-10/h1-6,9,18H,7-8,15H2,(H,16,17,19). The minimum atomic E-state index is -0.182. The number of nitrogens with two attached hydrogens (primary N) is 1. The van der Waals surface area contributed by atoms with Crippen LogP contribution < -0.4 is 11.1 Å². The Balaban J connectivity index is 1.97. The zero-order valence-electron chi connectivity index (χ0n) is 10.3. The van der Waals surface area contributed by atoms with Gasteiger partial charge < -0.3 is 16.2 Å². The van der Waals surface area contributed by atoms with Crippen molar-refractivity contribution in [3.8, 4) is 5.75 Å². The summed E-state index contributed by atoms with van der Waals surface area (Å²) < 4.78 is 0. The molecule has 19 heavy (non-hydrogen) atoms. The summed E-state index contributed by atoms with van der Waals surface area (Å²) in [6, 6.07) is 10.1. The highest BCUT2D eigenvalue weighted by Gasteiger charge is 2.05. The molecule has 4 N–H and O–H groups in total. The number of hydrogen-bond acceptors (Lipinski definition) is 4. The Labute approximate surface area is 111 Å². The van der Waals surface area contributed by atoms with Crippen molar-refractivity contribution in [2.75, 3.05) is 5.32 Å². The monoisotopic (exact) mass is 257 g/mol. The number of phenols is 1. The van der Waals surface area contributed by atoms with E-state index in [1.165, 1.54) is 0 Å². The van der Waals surface area contributed by atoms with Gasteiger partial charge in [0.15, 0.2) is 0 Å². The maximum atomic E-state index is 11.8. The number of carbonyl (C=O) groups is 1. The molecule has 0 atom stereocenters. The van der Waals surface area contributed by atoms with Crippen LogP contribution in [-0.4, -0.2) is 16.0 Å². The predicted octanol–water partition coefficient (Wildman–Crippen LogP) is 1.43. The third-order valence-electron chi connectivity index (χ3n) is 2.60. The summed E-state index contributed by atoms with van der Waals surface area (Å²) in [6.45, 7) is 0.421. The van der Waals surface area contributed by atoms with Gasteiger partial charge in [0.2, 0.25) is 5.91 Å². The van der Waals surface area contributed by atoms with Crippen LogP contribution in [0.4, 0.5) is 5.82 Å². The van der Waals surface area contributed by atoms with Gasteiger partial charge in [-0.05, 0) is 29.3 Å². The van der Waals surface area contributed by atoms with Gasteiger partial charge in [-0.1, -0.05) is 18.2 Å². The first-order chi connectivity index (χ1) is 9.17. The number of hydrogen-bond donors (Lipinski definition) is 3. The Kier molecular flexibility index (Phi) is 4.10. The molecule has 0 bridgehead atoms. The molecule has 1 heterocycles. The fourth-order valence-electron chi connectivity index (χ4n) is 1.66. The molecule has 0 saturated carbocycles. The molecule has 2 aromatic rings. The molecule has 5 heteroatoms. The molecule has 0 spiro atoms. The van der Waals surface area contributed by atoms with Crippen LogP contribution in [0.15, 0.2) is 42.6 Å². The Morgan fingerprint density at radius 2 is 2.11 bits per heavy atom. The second-order valence-corrected chi connectivity index (χ2v) is 4.15. The number of aromatic hydroxyl groups is 1. The van der Waals surface area contributed by atoms with Gasteiger partial charge in [0.1, 0.15) is 11.6 Å². The quantitative estimate of drug-likeness (QED) is 0.773. The second-order valence-electron chi connectivity index (χ2n) is 4.15. The van der Waals surface area contributed by atoms with Crippen molar-refractivity contribution in [2.24, 2.45) is 5.73 Å². The number of nitrogens with zero attached hydrogens (tertiary/aromatic N) is 1. The van der Waals surface area contributed by atoms with E-state index in [-0.39, 0.29) is 18.1 Å². The van der Waals surface area contributed by atoms with Gasteiger partial charge in [-0.3, -0.25) is 4.79 Å². The summed E-state index contributed by atoms with van der Waals surface area (Å²) in [7, 11) is 0. The van der Waals surface area contributed by atoms with Crippen molar-refractivity contribution < 1.29 is 9.90 Å². The molecule has 0 saturated heterocycles. The summed E-state index contributed by atoms with van der Waals surface area (Å²) in [5.41, 5.74) is 7.12. The van der Waals surface area contributed by atoms with E-state index in [0.29, 0.717) is 12.4 Å². The average molecular weight is 257 g/mol. The van der Waals surface area contributed by atoms with Crippen LogP contribution in [0, 0.1) is 0 Å². The highest BCUT2D eigenvalue weighted by atomic mass is 16.3. The Hall–Kier alpha value is -2.40. The third kappa shape index (κ3) is 3.79. The van der Waals surface area contributed by atoms with Gasteiger partial charge in [-0.25, -0.2) is 4.98 Å². The summed E-state index contributed by atoms with van der Waals surface area (Å²) in [4.78, 5) is 15.9. The van der Waals surface area contributed by atoms with Crippen molar-refractivity contribution >= 4 is 11.7 Å². The molecule has 5 nitrogen and oxygen atoms in total. The normalized spacial score (nSPS) is 10.2. The van der Waals surface area contributed by atoms with Crippen LogP contribution in [0.25, 0.3) is 0 Å². The summed E-state index contributed by atoms with van der Waals surface area (Å²) in [5, 5.41) is 12.0. The molecule has 0 aliphatic heterocycles. The molecule has 0 aliphatic carbocycles. The molecule has 1 aromatic heterocycles. The largest absolute Gasteiger partial charge is 0.508 e. The average Bonchev–Trinajstić information content (AvgIpc) is 2.39. The highest BCUT2D eigenvalue weighted by Crippen LogP contribution is 2.12. The maximum Gasteiger partial charge on any atom is 0.229 e. The number of anilines is 1. The molecule has 1 amide bonds. The van der Waals surface area contributed by atoms with Crippen molar-refractivity contribution in [3.05, 3.63) is 53.7 Å². The van der Waals surface area contributed by atoms with Gasteiger partial charge >= 0.3 is 0 Å². The van der Waals surface area contributed by atoms with Crippen LogP contribution in [0.2, 0.25) is 0 Å². The molecule has 0 aliphatic rings. The minimum absolute atomic E-state index is 0.149. The van der Waals surface area contributed by atoms with E-state index in [1.54, 1.807) is 36.5 Å². The Bertz CT molecular complexity index is 567. The van der Waals surface area contributed by atoms with E-state index in [1.807, 2.05) is 6.07 Å². The van der Waals surface area contributed by atoms with Gasteiger partial charge in [-0.2, -0.15) is 0 Å². The first-order valence-corrected chi connectivity index (χ1v) is 5.90. The number of carbonyl (C=O) groups excluding carboxylic acids is 1. The Morgan fingerprint density at radius 1 is 1.26 bits per heavy atom. The van der Waals surface area contributed by atoms with Gasteiger partial charge in [-0.15, -0.1) is 0 Å². The van der Waals surface area contributed by atoms with Crippen molar-refractivity contribution in [2.45, 2.75) is 13.0 Å². The topological polar surface area (TPSA) is 88.2 Å². The van der Waals surface area contributed by atoms with Crippen molar-refractivity contribution in [1.82, 2.24) is 4.98 Å². The summed E-state index contributed by atoms with van der Waals surface area (Å²) >= 11 is 0. The van der Waals surface area contributed by atoms with Crippen LogP contribution in [0.3, 0.4) is 0 Å². The zero-order chi connectivity index (χ0) is 13.7. The van der Waals surface area contributed by atoms with E-state index < -0.39 is 0 Å². The lowest BCUT2D eigenvalue weighted by Gasteiger charge is -2.05. The minimum Gasteiger partial charge on any atom is -0.508 e. The zero-order valence-corrected chi connectivity index (χ0v) is 10.3. The molecule has 98 valence electrons. The number of aromatic nitrogens is 1. The number of pyridine rings is 1. The van der Waals surface area contributed by atoms with E-state index in [0.717, 1.165) is 11.1 Å². The third-order valence-corrected chi connectivity index (χ3v) is 2.60. The Morgan fingerprint density at radius 3 is 2.74 bits per heavy atom. The fraction of sp³-hybridized carbons (Fsp3) is 0.143. The van der Waals surface area contributed by atoms with E-state index >= 15 is 0 Å². The molecule has 2 rings (SSSR count). The molecule has 0 unspecified atom stereocenters. The predicted molar refractivity (Wildman–Crippen MR) is 72.6 cm³/mol. The van der Waals surface area contributed by atoms with E-state index in [4.69, 9.17) is 5.73 Å². The molecule has 0 radical (unpaired) electrons. The van der Waals surface area contributed by atoms with Crippen molar-refractivity contribution in [1.29, 1.82) is 0 Å². The molecule has 1 aromatic carbocycles. The highest BCUT2D eigenvalue weighted by molar-refractivity contribution is 5.91. The lowest BCUT2D eigenvalue weighted by Crippen LogP contribution is -2.15. The van der Waals surface area contributed by atoms with E-state index in [9.17, 15) is 9.90 Å². The van der Waals surface area contributed by atoms with Crippen molar-refractivity contribution in [3.63, 3.8) is 0 Å². The lowest BCUT2D eigenvalue weighted by atomic mass is 10.1. The van der Waals surface area contributed by atoms with Gasteiger partial charge in [0.25, 0.3) is 0 Å².